The van der Waals surface area contributed by atoms with Crippen molar-refractivity contribution in [1.29, 1.82) is 0 Å². The Bertz CT molecular complexity index is 675. The van der Waals surface area contributed by atoms with E-state index in [2.05, 4.69) is 92.3 Å². The van der Waals surface area contributed by atoms with E-state index in [0.717, 1.165) is 12.8 Å². The Kier molecular flexibility index (Phi) is 6.61. The minimum atomic E-state index is -2.85. The normalized spacial score (nSPS) is 26.6. The quantitative estimate of drug-likeness (QED) is 0.653. The van der Waals surface area contributed by atoms with Gasteiger partial charge in [0.05, 0.1) is 0 Å². The van der Waals surface area contributed by atoms with E-state index in [4.69, 9.17) is 0 Å². The largest absolute Gasteiger partial charge is 0.378 e. The Morgan fingerprint density at radius 3 is 1.79 bits per heavy atom. The number of rotatable bonds is 6. The van der Waals surface area contributed by atoms with Gasteiger partial charge in [-0.05, 0) is 65.2 Å². The first-order valence-electron chi connectivity index (χ1n) is 10.9. The van der Waals surface area contributed by atoms with Gasteiger partial charge in [0, 0.05) is 50.0 Å². The zero-order valence-corrected chi connectivity index (χ0v) is 19.6. The summed E-state index contributed by atoms with van der Waals surface area (Å²) in [5.74, 6) is 0. The maximum absolute atomic E-state index is 14.6. The number of fused-ring (bicyclic) bond motifs is 1. The smallest absolute Gasteiger partial charge is 0.285 e. The van der Waals surface area contributed by atoms with Crippen LogP contribution >= 0.6 is 7.59 Å². The van der Waals surface area contributed by atoms with Crippen LogP contribution in [0.3, 0.4) is 0 Å². The van der Waals surface area contributed by atoms with Crippen molar-refractivity contribution in [2.45, 2.75) is 90.5 Å². The molecule has 1 aromatic carbocycles. The maximum Gasteiger partial charge on any atom is 0.285 e. The number of hydrogen-bond donors (Lipinski definition) is 1. The van der Waals surface area contributed by atoms with Crippen molar-refractivity contribution < 1.29 is 4.57 Å². The summed E-state index contributed by atoms with van der Waals surface area (Å²) in [5, 5.41) is 3.63. The molecule has 2 fully saturated rings. The summed E-state index contributed by atoms with van der Waals surface area (Å²) < 4.78 is 19.3. The van der Waals surface area contributed by atoms with Crippen LogP contribution in [0.15, 0.2) is 24.3 Å². The van der Waals surface area contributed by atoms with Crippen molar-refractivity contribution in [2.75, 3.05) is 19.0 Å². The van der Waals surface area contributed by atoms with Gasteiger partial charge in [-0.1, -0.05) is 25.0 Å². The highest BCUT2D eigenvalue weighted by Crippen LogP contribution is 2.63. The molecule has 1 saturated heterocycles. The standard InChI is InChI=1S/C22H39N4OP/c1-16(2)25-21-10-8-9-11-22(21)26(17(3)4)28(25,27)23-18(5)19-12-14-20(15-13-19)24(6)7/h12-18,21-22H,8-11H2,1-7H3,(H,23,27)/t18-,21-,22-/m1/s1. The van der Waals surface area contributed by atoms with Crippen LogP contribution in [0.4, 0.5) is 5.69 Å². The van der Waals surface area contributed by atoms with E-state index in [1.54, 1.807) is 0 Å². The molecule has 0 amide bonds. The molecule has 1 aliphatic heterocycles. The fourth-order valence-electron chi connectivity index (χ4n) is 5.14. The first kappa shape index (κ1) is 21.8. The van der Waals surface area contributed by atoms with Crippen molar-refractivity contribution in [1.82, 2.24) is 14.4 Å². The molecule has 28 heavy (non-hydrogen) atoms. The lowest BCUT2D eigenvalue weighted by Gasteiger charge is -2.38. The van der Waals surface area contributed by atoms with Gasteiger partial charge in [-0.15, -0.1) is 0 Å². The minimum Gasteiger partial charge on any atom is -0.378 e. The molecule has 1 aromatic rings. The van der Waals surface area contributed by atoms with Gasteiger partial charge in [-0.2, -0.15) is 0 Å². The zero-order chi connectivity index (χ0) is 20.6. The third-order valence-electron chi connectivity index (χ3n) is 6.33. The molecule has 1 N–H and O–H groups in total. The van der Waals surface area contributed by atoms with Gasteiger partial charge >= 0.3 is 0 Å². The molecule has 6 heteroatoms. The highest BCUT2D eigenvalue weighted by atomic mass is 31.2. The first-order valence-corrected chi connectivity index (χ1v) is 12.5. The van der Waals surface area contributed by atoms with Crippen molar-refractivity contribution in [3.05, 3.63) is 29.8 Å². The molecule has 0 radical (unpaired) electrons. The van der Waals surface area contributed by atoms with Gasteiger partial charge in [0.15, 0.2) is 0 Å². The van der Waals surface area contributed by atoms with Crippen LogP contribution in [0.5, 0.6) is 0 Å². The van der Waals surface area contributed by atoms with Gasteiger partial charge < -0.3 is 4.90 Å². The highest BCUT2D eigenvalue weighted by molar-refractivity contribution is 7.57. The molecule has 1 saturated carbocycles. The lowest BCUT2D eigenvalue weighted by atomic mass is 9.89. The van der Waals surface area contributed by atoms with Crippen LogP contribution in [0.2, 0.25) is 0 Å². The number of hydrogen-bond acceptors (Lipinski definition) is 2. The predicted octanol–water partition coefficient (Wildman–Crippen LogP) is 5.26. The second kappa shape index (κ2) is 8.47. The fourth-order valence-corrected chi connectivity index (χ4v) is 8.90. The molecule has 5 nitrogen and oxygen atoms in total. The Balaban J connectivity index is 1.92. The first-order chi connectivity index (χ1) is 13.2. The molecule has 0 aromatic heterocycles. The van der Waals surface area contributed by atoms with Gasteiger partial charge in [-0.25, -0.2) is 14.4 Å². The van der Waals surface area contributed by atoms with Gasteiger partial charge in [0.1, 0.15) is 0 Å². The summed E-state index contributed by atoms with van der Waals surface area (Å²) in [6.07, 6.45) is 4.81. The van der Waals surface area contributed by atoms with Crippen molar-refractivity contribution in [3.63, 3.8) is 0 Å². The average Bonchev–Trinajstić information content (AvgIpc) is 2.89. The van der Waals surface area contributed by atoms with E-state index in [9.17, 15) is 4.57 Å². The fraction of sp³-hybridized carbons (Fsp3) is 0.727. The Labute approximate surface area is 172 Å². The summed E-state index contributed by atoms with van der Waals surface area (Å²) in [7, 11) is 1.25. The molecule has 158 valence electrons. The SMILES string of the molecule is CC(C)N1[C@@H]2CCCC[C@H]2N(C(C)C)P1(=O)N[C@H](C)c1ccc(N(C)C)cc1. The third kappa shape index (κ3) is 3.92. The summed E-state index contributed by atoms with van der Waals surface area (Å²) in [6, 6.07) is 9.94. The molecule has 0 unspecified atom stereocenters. The summed E-state index contributed by atoms with van der Waals surface area (Å²) in [5.41, 5.74) is 2.37. The summed E-state index contributed by atoms with van der Waals surface area (Å²) in [4.78, 5) is 2.10. The van der Waals surface area contributed by atoms with Crippen LogP contribution in [0.1, 0.15) is 71.9 Å². The summed E-state index contributed by atoms with van der Waals surface area (Å²) >= 11 is 0. The van der Waals surface area contributed by atoms with E-state index in [1.807, 2.05) is 0 Å². The lowest BCUT2D eigenvalue weighted by Crippen LogP contribution is -2.43. The Hall–Kier alpha value is -0.870. The molecule has 0 bridgehead atoms. The second-order valence-electron chi connectivity index (χ2n) is 9.25. The minimum absolute atomic E-state index is 0.0321. The maximum atomic E-state index is 14.6. The molecular formula is C22H39N4OP. The average molecular weight is 407 g/mol. The monoisotopic (exact) mass is 406 g/mol. The lowest BCUT2D eigenvalue weighted by molar-refractivity contribution is 0.173. The van der Waals surface area contributed by atoms with Crippen molar-refractivity contribution >= 4 is 13.3 Å². The van der Waals surface area contributed by atoms with E-state index in [-0.39, 0.29) is 18.1 Å². The van der Waals surface area contributed by atoms with E-state index < -0.39 is 7.59 Å². The second-order valence-corrected chi connectivity index (χ2v) is 11.5. The number of anilines is 1. The Morgan fingerprint density at radius 1 is 0.929 bits per heavy atom. The van der Waals surface area contributed by atoms with Crippen molar-refractivity contribution in [3.8, 4) is 0 Å². The molecular weight excluding hydrogens is 367 g/mol. The molecule has 1 heterocycles. The Morgan fingerprint density at radius 2 is 1.39 bits per heavy atom. The van der Waals surface area contributed by atoms with E-state index in [0.29, 0.717) is 12.1 Å². The number of benzene rings is 1. The molecule has 1 aliphatic carbocycles. The van der Waals surface area contributed by atoms with E-state index in [1.165, 1.54) is 24.1 Å². The topological polar surface area (TPSA) is 38.8 Å². The van der Waals surface area contributed by atoms with Gasteiger partial charge in [0.25, 0.3) is 7.59 Å². The van der Waals surface area contributed by atoms with Gasteiger partial charge in [0.2, 0.25) is 0 Å². The zero-order valence-electron chi connectivity index (χ0n) is 18.7. The third-order valence-corrected chi connectivity index (χ3v) is 9.82. The molecule has 0 spiro atoms. The predicted molar refractivity (Wildman–Crippen MR) is 120 cm³/mol. The molecule has 3 atom stereocenters. The highest BCUT2D eigenvalue weighted by Gasteiger charge is 2.57. The number of nitrogens with one attached hydrogen (secondary N) is 1. The van der Waals surface area contributed by atoms with Crippen LogP contribution < -0.4 is 9.99 Å². The van der Waals surface area contributed by atoms with Crippen LogP contribution in [-0.2, 0) is 4.57 Å². The summed E-state index contributed by atoms with van der Waals surface area (Å²) in [6.45, 7) is 10.9. The van der Waals surface area contributed by atoms with Crippen LogP contribution in [0.25, 0.3) is 0 Å². The van der Waals surface area contributed by atoms with Crippen LogP contribution in [-0.4, -0.2) is 47.6 Å². The number of nitrogens with zero attached hydrogens (tertiary/aromatic N) is 3. The van der Waals surface area contributed by atoms with E-state index >= 15 is 0 Å². The molecule has 3 rings (SSSR count). The van der Waals surface area contributed by atoms with Gasteiger partial charge in [-0.3, -0.25) is 4.57 Å². The van der Waals surface area contributed by atoms with Crippen LogP contribution in [0, 0.1) is 0 Å². The molecule has 2 aliphatic rings. The van der Waals surface area contributed by atoms with Crippen molar-refractivity contribution in [2.24, 2.45) is 0 Å².